The molecule has 0 spiro atoms. The summed E-state index contributed by atoms with van der Waals surface area (Å²) in [5, 5.41) is 0. The molecule has 22 heavy (non-hydrogen) atoms. The van der Waals surface area contributed by atoms with Gasteiger partial charge in [0.05, 0.1) is 0 Å². The lowest BCUT2D eigenvalue weighted by Crippen LogP contribution is -1.99. The highest BCUT2D eigenvalue weighted by atomic mass is 15.1. The van der Waals surface area contributed by atoms with E-state index in [1.54, 1.807) is 12.4 Å². The first-order valence-electron chi connectivity index (χ1n) is 7.15. The van der Waals surface area contributed by atoms with E-state index in [-0.39, 0.29) is 0 Å². The zero-order valence-corrected chi connectivity index (χ0v) is 12.1. The van der Waals surface area contributed by atoms with Gasteiger partial charge < -0.3 is 0 Å². The van der Waals surface area contributed by atoms with E-state index >= 15 is 0 Å². The Labute approximate surface area is 128 Å². The first-order chi connectivity index (χ1) is 10.8. The number of benzene rings is 1. The number of aromatic nitrogens is 4. The number of fused-ring (bicyclic) bond motifs is 1. The second kappa shape index (κ2) is 5.07. The van der Waals surface area contributed by atoms with Crippen LogP contribution in [0.3, 0.4) is 0 Å². The van der Waals surface area contributed by atoms with E-state index in [0.717, 1.165) is 28.4 Å². The van der Waals surface area contributed by atoms with Crippen LogP contribution >= 0.6 is 0 Å². The molecule has 4 nitrogen and oxygen atoms in total. The molecule has 0 amide bonds. The fourth-order valence-electron chi connectivity index (χ4n) is 2.59. The Hall–Kier alpha value is -3.01. The van der Waals surface area contributed by atoms with Crippen LogP contribution in [0.4, 0.5) is 0 Å². The molecule has 0 aliphatic rings. The van der Waals surface area contributed by atoms with E-state index in [4.69, 9.17) is 4.98 Å². The van der Waals surface area contributed by atoms with E-state index in [1.807, 2.05) is 36.4 Å². The highest BCUT2D eigenvalue weighted by Gasteiger charge is 2.15. The number of aryl methyl sites for hydroxylation is 1. The maximum atomic E-state index is 4.73. The summed E-state index contributed by atoms with van der Waals surface area (Å²) in [5.41, 5.74) is 4.78. The molecule has 3 heterocycles. The summed E-state index contributed by atoms with van der Waals surface area (Å²) < 4.78 is 2.06. The maximum Gasteiger partial charge on any atom is 0.165 e. The second-order valence-electron chi connectivity index (χ2n) is 5.17. The van der Waals surface area contributed by atoms with Crippen molar-refractivity contribution >= 4 is 11.2 Å². The van der Waals surface area contributed by atoms with Crippen molar-refractivity contribution in [3.8, 4) is 17.2 Å². The Morgan fingerprint density at radius 3 is 2.59 bits per heavy atom. The van der Waals surface area contributed by atoms with Crippen LogP contribution in [0.15, 0.2) is 67.0 Å². The van der Waals surface area contributed by atoms with Crippen molar-refractivity contribution in [3.63, 3.8) is 0 Å². The van der Waals surface area contributed by atoms with Crippen LogP contribution in [0.25, 0.3) is 28.4 Å². The smallest absolute Gasteiger partial charge is 0.165 e. The van der Waals surface area contributed by atoms with Crippen molar-refractivity contribution < 1.29 is 0 Å². The highest BCUT2D eigenvalue weighted by Crippen LogP contribution is 2.26. The number of rotatable bonds is 2. The third-order valence-corrected chi connectivity index (χ3v) is 3.57. The van der Waals surface area contributed by atoms with Gasteiger partial charge in [0.25, 0.3) is 0 Å². The molecule has 0 bridgehead atoms. The Bertz CT molecular complexity index is 942. The first kappa shape index (κ1) is 12.7. The first-order valence-corrected chi connectivity index (χ1v) is 7.15. The minimum absolute atomic E-state index is 0.805. The molecule has 0 fully saturated rings. The van der Waals surface area contributed by atoms with E-state index in [1.165, 1.54) is 5.56 Å². The molecule has 0 atom stereocenters. The van der Waals surface area contributed by atoms with E-state index in [9.17, 15) is 0 Å². The fourth-order valence-corrected chi connectivity index (χ4v) is 2.59. The summed E-state index contributed by atoms with van der Waals surface area (Å²) in [7, 11) is 0. The third-order valence-electron chi connectivity index (χ3n) is 3.57. The summed E-state index contributed by atoms with van der Waals surface area (Å²) >= 11 is 0. The van der Waals surface area contributed by atoms with Gasteiger partial charge in [-0.25, -0.2) is 9.97 Å². The number of imidazole rings is 1. The number of pyridine rings is 2. The summed E-state index contributed by atoms with van der Waals surface area (Å²) in [6.45, 7) is 2.08. The molecule has 106 valence electrons. The molecule has 0 N–H and O–H groups in total. The minimum atomic E-state index is 0.805. The van der Waals surface area contributed by atoms with Crippen molar-refractivity contribution in [2.24, 2.45) is 0 Å². The van der Waals surface area contributed by atoms with Gasteiger partial charge in [0.2, 0.25) is 0 Å². The molecule has 4 heteroatoms. The van der Waals surface area contributed by atoms with Crippen LogP contribution < -0.4 is 0 Å². The molecule has 4 aromatic rings. The van der Waals surface area contributed by atoms with E-state index in [2.05, 4.69) is 39.7 Å². The summed E-state index contributed by atoms with van der Waals surface area (Å²) in [4.78, 5) is 13.7. The normalized spacial score (nSPS) is 11.0. The number of hydrogen-bond acceptors (Lipinski definition) is 3. The van der Waals surface area contributed by atoms with Crippen molar-refractivity contribution in [2.75, 3.05) is 0 Å². The number of nitrogens with zero attached hydrogens (tertiary/aromatic N) is 4. The van der Waals surface area contributed by atoms with Gasteiger partial charge >= 0.3 is 0 Å². The minimum Gasteiger partial charge on any atom is -0.275 e. The molecule has 0 radical (unpaired) electrons. The van der Waals surface area contributed by atoms with Gasteiger partial charge in [-0.3, -0.25) is 9.55 Å². The van der Waals surface area contributed by atoms with Crippen LogP contribution in [-0.2, 0) is 0 Å². The summed E-state index contributed by atoms with van der Waals surface area (Å²) in [6.07, 6.45) is 3.57. The molecule has 0 aliphatic heterocycles. The monoisotopic (exact) mass is 286 g/mol. The lowest BCUT2D eigenvalue weighted by atomic mass is 10.2. The second-order valence-corrected chi connectivity index (χ2v) is 5.17. The van der Waals surface area contributed by atoms with E-state index in [0.29, 0.717) is 0 Å². The van der Waals surface area contributed by atoms with Gasteiger partial charge in [0, 0.05) is 18.1 Å². The average molecular weight is 286 g/mol. The standard InChI is InChI=1S/C18H14N4/c1-13-6-4-7-14(12-13)22-17-16(9-5-11-20-17)21-18(22)15-8-2-3-10-19-15/h2-12H,1H3. The summed E-state index contributed by atoms with van der Waals surface area (Å²) in [5.74, 6) is 0.805. The van der Waals surface area contributed by atoms with Gasteiger partial charge in [0.1, 0.15) is 11.2 Å². The van der Waals surface area contributed by atoms with Gasteiger partial charge in [-0.1, -0.05) is 18.2 Å². The molecule has 4 rings (SSSR count). The van der Waals surface area contributed by atoms with E-state index < -0.39 is 0 Å². The number of hydrogen-bond donors (Lipinski definition) is 0. The molecule has 0 aliphatic carbocycles. The highest BCUT2D eigenvalue weighted by molar-refractivity contribution is 5.79. The Kier molecular flexibility index (Phi) is 2.93. The summed E-state index contributed by atoms with van der Waals surface area (Å²) in [6, 6.07) is 18.0. The van der Waals surface area contributed by atoms with Gasteiger partial charge in [-0.2, -0.15) is 0 Å². The lowest BCUT2D eigenvalue weighted by molar-refractivity contribution is 1.06. The zero-order valence-electron chi connectivity index (χ0n) is 12.1. The average Bonchev–Trinajstić information content (AvgIpc) is 2.95. The predicted molar refractivity (Wildman–Crippen MR) is 86.8 cm³/mol. The molecule has 0 unspecified atom stereocenters. The molecule has 1 aromatic carbocycles. The van der Waals surface area contributed by atoms with Crippen LogP contribution in [0.2, 0.25) is 0 Å². The SMILES string of the molecule is Cc1cccc(-n2c(-c3ccccn3)nc3cccnc32)c1. The van der Waals surface area contributed by atoms with Crippen molar-refractivity contribution in [1.82, 2.24) is 19.5 Å². The largest absolute Gasteiger partial charge is 0.275 e. The lowest BCUT2D eigenvalue weighted by Gasteiger charge is -2.09. The van der Waals surface area contributed by atoms with Gasteiger partial charge in [-0.15, -0.1) is 0 Å². The van der Waals surface area contributed by atoms with Crippen molar-refractivity contribution in [2.45, 2.75) is 6.92 Å². The van der Waals surface area contributed by atoms with Crippen LogP contribution in [0.1, 0.15) is 5.56 Å². The quantitative estimate of drug-likeness (QED) is 0.563. The maximum absolute atomic E-state index is 4.73. The zero-order chi connectivity index (χ0) is 14.9. The Morgan fingerprint density at radius 2 is 1.77 bits per heavy atom. The van der Waals surface area contributed by atoms with Crippen LogP contribution in [-0.4, -0.2) is 19.5 Å². The third kappa shape index (κ3) is 2.05. The van der Waals surface area contributed by atoms with Gasteiger partial charge in [-0.05, 0) is 48.9 Å². The predicted octanol–water partition coefficient (Wildman–Crippen LogP) is 3.79. The molecular formula is C18H14N4. The van der Waals surface area contributed by atoms with Gasteiger partial charge in [0.15, 0.2) is 11.5 Å². The molecule has 0 saturated heterocycles. The van der Waals surface area contributed by atoms with Crippen LogP contribution in [0, 0.1) is 6.92 Å². The topological polar surface area (TPSA) is 43.6 Å². The Balaban J connectivity index is 2.07. The molecular weight excluding hydrogens is 272 g/mol. The fraction of sp³-hybridized carbons (Fsp3) is 0.0556. The Morgan fingerprint density at radius 1 is 0.864 bits per heavy atom. The van der Waals surface area contributed by atoms with Crippen molar-refractivity contribution in [1.29, 1.82) is 0 Å². The molecule has 3 aromatic heterocycles. The van der Waals surface area contributed by atoms with Crippen molar-refractivity contribution in [3.05, 3.63) is 72.6 Å². The van der Waals surface area contributed by atoms with Crippen LogP contribution in [0.5, 0.6) is 0 Å². The molecule has 0 saturated carbocycles.